The zero-order valence-corrected chi connectivity index (χ0v) is 21.0. The van der Waals surface area contributed by atoms with Gasteiger partial charge in [-0.1, -0.05) is 38.7 Å². The zero-order chi connectivity index (χ0) is 23.9. The fraction of sp³-hybridized carbons (Fsp3) is 0.609. The molecular weight excluding hydrogens is 412 g/mol. The van der Waals surface area contributed by atoms with Gasteiger partial charge < -0.3 is 14.5 Å². The first kappa shape index (κ1) is 26.7. The van der Waals surface area contributed by atoms with E-state index in [9.17, 15) is 14.9 Å². The third-order valence-electron chi connectivity index (χ3n) is 5.34. The van der Waals surface area contributed by atoms with Crippen LogP contribution in [-0.4, -0.2) is 39.0 Å². The molecule has 0 atom stereocenters. The van der Waals surface area contributed by atoms with Crippen molar-refractivity contribution in [1.82, 2.24) is 0 Å². The molecule has 1 aromatic carbocycles. The summed E-state index contributed by atoms with van der Waals surface area (Å²) in [7, 11) is -1.90. The molecule has 0 aliphatic rings. The zero-order valence-electron chi connectivity index (χ0n) is 20.0. The van der Waals surface area contributed by atoms with Crippen molar-refractivity contribution in [3.63, 3.8) is 0 Å². The van der Waals surface area contributed by atoms with Gasteiger partial charge in [-0.15, -0.1) is 0 Å². The average Bonchev–Trinajstić information content (AvgIpc) is 2.62. The van der Waals surface area contributed by atoms with Gasteiger partial charge >= 0.3 is 5.97 Å². The lowest BCUT2D eigenvalue weighted by Crippen LogP contribution is -2.41. The summed E-state index contributed by atoms with van der Waals surface area (Å²) < 4.78 is 11.2. The Kier molecular flexibility index (Phi) is 9.27. The first-order chi connectivity index (χ1) is 14.2. The lowest BCUT2D eigenvalue weighted by atomic mass is 9.90. The van der Waals surface area contributed by atoms with Crippen molar-refractivity contribution in [3.05, 3.63) is 33.9 Å². The minimum atomic E-state index is -1.90. The quantitative estimate of drug-likeness (QED) is 0.137. The number of hydrogen-bond donors (Lipinski definition) is 1. The number of nitrogens with one attached hydrogen (secondary N) is 1. The highest BCUT2D eigenvalue weighted by Gasteiger charge is 2.36. The largest absolute Gasteiger partial charge is 0.466 e. The molecule has 1 aromatic rings. The number of rotatable bonds is 9. The Bertz CT molecular complexity index is 848. The van der Waals surface area contributed by atoms with Crippen molar-refractivity contribution in [2.45, 2.75) is 66.1 Å². The third kappa shape index (κ3) is 8.35. The van der Waals surface area contributed by atoms with Crippen LogP contribution in [0, 0.1) is 27.4 Å². The second-order valence-corrected chi connectivity index (χ2v) is 14.4. The van der Waals surface area contributed by atoms with Crippen LogP contribution >= 0.6 is 0 Å². The van der Waals surface area contributed by atoms with E-state index in [0.29, 0.717) is 31.0 Å². The maximum Gasteiger partial charge on any atom is 0.307 e. The van der Waals surface area contributed by atoms with E-state index < -0.39 is 18.7 Å². The number of para-hydroxylation sites is 1. The summed E-state index contributed by atoms with van der Waals surface area (Å²) in [6.45, 7) is 17.5. The molecule has 172 valence electrons. The number of carbonyl (C=O) groups is 1. The Labute approximate surface area is 187 Å². The normalized spacial score (nSPS) is 12.0. The lowest BCUT2D eigenvalue weighted by molar-refractivity contribution is -0.384. The van der Waals surface area contributed by atoms with Crippen LogP contribution in [0.15, 0.2) is 18.2 Å². The van der Waals surface area contributed by atoms with Gasteiger partial charge in [0.2, 0.25) is 0 Å². The van der Waals surface area contributed by atoms with Crippen molar-refractivity contribution < 1.29 is 18.9 Å². The number of benzene rings is 1. The molecule has 1 N–H and O–H groups in total. The second kappa shape index (κ2) is 10.8. The third-order valence-corrected chi connectivity index (χ3v) is 9.88. The Morgan fingerprint density at radius 2 is 1.87 bits per heavy atom. The van der Waals surface area contributed by atoms with Crippen LogP contribution in [0.1, 0.15) is 53.5 Å². The fourth-order valence-electron chi connectivity index (χ4n) is 2.53. The highest BCUT2D eigenvalue weighted by atomic mass is 28.4. The Morgan fingerprint density at radius 1 is 1.23 bits per heavy atom. The van der Waals surface area contributed by atoms with Crippen LogP contribution in [0.25, 0.3) is 0 Å². The molecule has 31 heavy (non-hydrogen) atoms. The Morgan fingerprint density at radius 3 is 2.42 bits per heavy atom. The summed E-state index contributed by atoms with van der Waals surface area (Å²) in [6.07, 6.45) is 0.145. The Balaban J connectivity index is 3.04. The summed E-state index contributed by atoms with van der Waals surface area (Å²) in [4.78, 5) is 22.9. The molecule has 0 unspecified atom stereocenters. The van der Waals surface area contributed by atoms with Gasteiger partial charge in [-0.2, -0.15) is 0 Å². The van der Waals surface area contributed by atoms with Crippen LogP contribution < -0.4 is 5.32 Å². The number of esters is 1. The molecule has 0 aromatic heterocycles. The van der Waals surface area contributed by atoms with Gasteiger partial charge in [0, 0.05) is 18.0 Å². The van der Waals surface area contributed by atoms with E-state index in [0.717, 1.165) is 0 Å². The van der Waals surface area contributed by atoms with Gasteiger partial charge in [0.05, 0.1) is 30.1 Å². The molecule has 1 rings (SSSR count). The number of nitro groups is 1. The summed E-state index contributed by atoms with van der Waals surface area (Å²) in [5.74, 6) is 5.77. The van der Waals surface area contributed by atoms with E-state index in [1.165, 1.54) is 6.07 Å². The molecule has 0 spiro atoms. The summed E-state index contributed by atoms with van der Waals surface area (Å²) in [5, 5.41) is 14.8. The molecule has 0 saturated carbocycles. The van der Waals surface area contributed by atoms with E-state index >= 15 is 0 Å². The minimum Gasteiger partial charge on any atom is -0.466 e. The van der Waals surface area contributed by atoms with Crippen LogP contribution in [-0.2, 0) is 14.0 Å². The van der Waals surface area contributed by atoms with E-state index in [1.54, 1.807) is 19.1 Å². The molecule has 7 nitrogen and oxygen atoms in total. The second-order valence-electron chi connectivity index (χ2n) is 9.61. The molecular formula is C23H36N2O5Si. The van der Waals surface area contributed by atoms with Gasteiger partial charge in [-0.05, 0) is 45.0 Å². The molecule has 0 aliphatic carbocycles. The van der Waals surface area contributed by atoms with Gasteiger partial charge in [0.15, 0.2) is 8.32 Å². The molecule has 0 heterocycles. The minimum absolute atomic E-state index is 0.0395. The van der Waals surface area contributed by atoms with Crippen LogP contribution in [0.2, 0.25) is 18.1 Å². The van der Waals surface area contributed by atoms with Gasteiger partial charge in [-0.25, -0.2) is 0 Å². The standard InChI is InChI=1S/C23H36N2O5Si/c1-9-29-20(26)17-23(5,6)14-13-18-11-10-12-19(25(27)28)21(18)24-15-16-30-31(7,8)22(2,3)4/h10-12,24H,9,15-17H2,1-8H3. The number of ether oxygens (including phenoxy) is 1. The number of hydrogen-bond acceptors (Lipinski definition) is 6. The fourth-order valence-corrected chi connectivity index (χ4v) is 3.58. The predicted octanol–water partition coefficient (Wildman–Crippen LogP) is 5.36. The molecule has 0 amide bonds. The number of nitrogens with zero attached hydrogens (tertiary/aromatic N) is 1. The van der Waals surface area contributed by atoms with Crippen molar-refractivity contribution in [1.29, 1.82) is 0 Å². The molecule has 0 saturated heterocycles. The summed E-state index contributed by atoms with van der Waals surface area (Å²) in [6, 6.07) is 4.79. The molecule has 8 heteroatoms. The number of anilines is 1. The van der Waals surface area contributed by atoms with E-state index in [4.69, 9.17) is 9.16 Å². The highest BCUT2D eigenvalue weighted by molar-refractivity contribution is 6.74. The van der Waals surface area contributed by atoms with E-state index in [2.05, 4.69) is 51.0 Å². The average molecular weight is 449 g/mol. The van der Waals surface area contributed by atoms with Crippen molar-refractivity contribution in [2.24, 2.45) is 5.41 Å². The molecule has 0 fully saturated rings. The molecule has 0 aliphatic heterocycles. The van der Waals surface area contributed by atoms with Crippen LogP contribution in [0.5, 0.6) is 0 Å². The smallest absolute Gasteiger partial charge is 0.307 e. The van der Waals surface area contributed by atoms with Gasteiger partial charge in [-0.3, -0.25) is 14.9 Å². The summed E-state index contributed by atoms with van der Waals surface area (Å²) in [5.41, 5.74) is 0.214. The lowest BCUT2D eigenvalue weighted by Gasteiger charge is -2.36. The van der Waals surface area contributed by atoms with Crippen LogP contribution in [0.3, 0.4) is 0 Å². The van der Waals surface area contributed by atoms with Crippen molar-refractivity contribution >= 4 is 25.7 Å². The van der Waals surface area contributed by atoms with Crippen molar-refractivity contribution in [3.8, 4) is 11.8 Å². The van der Waals surface area contributed by atoms with E-state index in [1.807, 2.05) is 13.8 Å². The SMILES string of the molecule is CCOC(=O)CC(C)(C)C#Cc1cccc([N+](=O)[O-])c1NCCO[Si](C)(C)C(C)(C)C. The predicted molar refractivity (Wildman–Crippen MR) is 127 cm³/mol. The molecule has 0 bridgehead atoms. The van der Waals surface area contributed by atoms with Gasteiger partial charge in [0.25, 0.3) is 5.69 Å². The maximum atomic E-state index is 11.8. The first-order valence-corrected chi connectivity index (χ1v) is 13.4. The number of nitro benzene ring substituents is 1. The van der Waals surface area contributed by atoms with Gasteiger partial charge in [0.1, 0.15) is 5.69 Å². The maximum absolute atomic E-state index is 11.8. The van der Waals surface area contributed by atoms with E-state index in [-0.39, 0.29) is 23.1 Å². The first-order valence-electron chi connectivity index (χ1n) is 10.5. The topological polar surface area (TPSA) is 90.7 Å². The number of carbonyl (C=O) groups excluding carboxylic acids is 1. The summed E-state index contributed by atoms with van der Waals surface area (Å²) >= 11 is 0. The van der Waals surface area contributed by atoms with Crippen molar-refractivity contribution in [2.75, 3.05) is 25.1 Å². The highest BCUT2D eigenvalue weighted by Crippen LogP contribution is 2.36. The Hall–Kier alpha value is -2.37. The van der Waals surface area contributed by atoms with Crippen LogP contribution in [0.4, 0.5) is 11.4 Å². The monoisotopic (exact) mass is 448 g/mol. The molecule has 0 radical (unpaired) electrons.